The average Bonchev–Trinajstić information content (AvgIpc) is 3.13. The van der Waals surface area contributed by atoms with Gasteiger partial charge >= 0.3 is 5.97 Å². The summed E-state index contributed by atoms with van der Waals surface area (Å²) < 4.78 is 7.11. The van der Waals surface area contributed by atoms with Gasteiger partial charge in [-0.25, -0.2) is 14.8 Å². The number of aliphatic hydroxyl groups is 1. The molecule has 8 nitrogen and oxygen atoms in total. The summed E-state index contributed by atoms with van der Waals surface area (Å²) in [6.07, 6.45) is -1.05. The van der Waals surface area contributed by atoms with Crippen molar-refractivity contribution in [1.82, 2.24) is 14.5 Å². The fraction of sp³-hybridized carbons (Fsp3) is 0.333. The minimum absolute atomic E-state index is 0.0723. The highest BCUT2D eigenvalue weighted by Crippen LogP contribution is 2.42. The summed E-state index contributed by atoms with van der Waals surface area (Å²) in [5, 5.41) is 12.2. The van der Waals surface area contributed by atoms with Crippen molar-refractivity contribution in [3.63, 3.8) is 0 Å². The smallest absolute Gasteiger partial charge is 0.345 e. The number of cyclic esters (lactones) is 1. The molecule has 0 saturated carbocycles. The molecule has 8 heteroatoms. The first kappa shape index (κ1) is 20.4. The van der Waals surface area contributed by atoms with E-state index in [1.54, 1.807) is 29.4 Å². The molecular formula is C24H24N4O4. The predicted octanol–water partition coefficient (Wildman–Crippen LogP) is 2.56. The van der Waals surface area contributed by atoms with Crippen LogP contribution in [0.2, 0.25) is 0 Å². The molecular weight excluding hydrogens is 408 g/mol. The van der Waals surface area contributed by atoms with Crippen molar-refractivity contribution >= 4 is 22.7 Å². The van der Waals surface area contributed by atoms with Crippen LogP contribution in [0.3, 0.4) is 0 Å². The maximum atomic E-state index is 13.7. The standard InChI is InChI=1S/C24H24N4O4/c1-5-24(31)16-11-18-20-15(10-14-8-6-7-9-17(14)26-20)12-28(18)22(29)19(16)21(32-23(24)30)25-13(2)27(3)4/h6-11,21,31H,5,12H2,1-4H3/b25-13+/t21?,24-/m0/s1. The molecule has 0 spiro atoms. The number of hydrogen-bond donors (Lipinski definition) is 1. The van der Waals surface area contributed by atoms with Gasteiger partial charge in [0.2, 0.25) is 6.23 Å². The Morgan fingerprint density at radius 3 is 2.78 bits per heavy atom. The Hall–Kier alpha value is -3.52. The molecule has 0 amide bonds. The molecule has 1 aromatic carbocycles. The maximum absolute atomic E-state index is 13.7. The molecule has 0 aliphatic carbocycles. The number of aromatic nitrogens is 2. The topological polar surface area (TPSA) is 97.0 Å². The van der Waals surface area contributed by atoms with E-state index in [1.807, 2.05) is 44.4 Å². The number of hydrogen-bond acceptors (Lipinski definition) is 6. The quantitative estimate of drug-likeness (QED) is 0.297. The van der Waals surface area contributed by atoms with Gasteiger partial charge in [0.05, 0.1) is 34.8 Å². The molecule has 4 heterocycles. The third kappa shape index (κ3) is 2.79. The first-order valence-corrected chi connectivity index (χ1v) is 10.6. The number of amidine groups is 1. The number of benzene rings is 1. The first-order chi connectivity index (χ1) is 15.2. The van der Waals surface area contributed by atoms with E-state index >= 15 is 0 Å². The second-order valence-corrected chi connectivity index (χ2v) is 8.48. The summed E-state index contributed by atoms with van der Waals surface area (Å²) in [6, 6.07) is 11.5. The lowest BCUT2D eigenvalue weighted by Gasteiger charge is -2.35. The summed E-state index contributed by atoms with van der Waals surface area (Å²) in [7, 11) is 3.63. The van der Waals surface area contributed by atoms with Crippen LogP contribution in [-0.2, 0) is 21.7 Å². The molecule has 0 radical (unpaired) electrons. The molecule has 164 valence electrons. The molecule has 3 aromatic rings. The molecule has 5 rings (SSSR count). The highest BCUT2D eigenvalue weighted by atomic mass is 16.6. The van der Waals surface area contributed by atoms with Crippen molar-refractivity contribution in [2.75, 3.05) is 14.1 Å². The monoisotopic (exact) mass is 432 g/mol. The van der Waals surface area contributed by atoms with Gasteiger partial charge in [0.25, 0.3) is 5.56 Å². The van der Waals surface area contributed by atoms with Crippen molar-refractivity contribution in [3.8, 4) is 11.4 Å². The van der Waals surface area contributed by atoms with E-state index in [1.165, 1.54) is 0 Å². The van der Waals surface area contributed by atoms with Gasteiger partial charge in [0.15, 0.2) is 5.60 Å². The van der Waals surface area contributed by atoms with Gasteiger partial charge in [0, 0.05) is 30.6 Å². The number of carbonyl (C=O) groups excluding carboxylic acids is 1. The molecule has 2 aromatic heterocycles. The van der Waals surface area contributed by atoms with E-state index in [2.05, 4.69) is 4.99 Å². The van der Waals surface area contributed by atoms with E-state index < -0.39 is 17.8 Å². The Labute approximate surface area is 184 Å². The lowest BCUT2D eigenvalue weighted by Crippen LogP contribution is -2.46. The molecule has 2 atom stereocenters. The lowest BCUT2D eigenvalue weighted by atomic mass is 9.85. The zero-order chi connectivity index (χ0) is 22.8. The molecule has 2 aliphatic rings. The van der Waals surface area contributed by atoms with E-state index in [0.717, 1.165) is 16.5 Å². The Kier molecular flexibility index (Phi) is 4.46. The lowest BCUT2D eigenvalue weighted by molar-refractivity contribution is -0.177. The Morgan fingerprint density at radius 2 is 2.06 bits per heavy atom. The molecule has 32 heavy (non-hydrogen) atoms. The van der Waals surface area contributed by atoms with Crippen LogP contribution in [0.15, 0.2) is 46.2 Å². The summed E-state index contributed by atoms with van der Waals surface area (Å²) in [6.45, 7) is 3.81. The second kappa shape index (κ2) is 7.00. The number of esters is 1. The normalized spacial score (nSPS) is 21.7. The van der Waals surface area contributed by atoms with E-state index in [9.17, 15) is 14.7 Å². The molecule has 2 aliphatic heterocycles. The van der Waals surface area contributed by atoms with Gasteiger partial charge in [-0.05, 0) is 31.5 Å². The van der Waals surface area contributed by atoms with E-state index in [-0.39, 0.29) is 23.1 Å². The highest BCUT2D eigenvalue weighted by molar-refractivity contribution is 5.87. The van der Waals surface area contributed by atoms with Gasteiger partial charge in [-0.1, -0.05) is 25.1 Å². The third-order valence-corrected chi connectivity index (χ3v) is 6.42. The minimum Gasteiger partial charge on any atom is -0.433 e. The first-order valence-electron chi connectivity index (χ1n) is 10.6. The van der Waals surface area contributed by atoms with Crippen LogP contribution in [0.4, 0.5) is 0 Å². The van der Waals surface area contributed by atoms with Crippen LogP contribution in [0.25, 0.3) is 22.3 Å². The maximum Gasteiger partial charge on any atom is 0.345 e. The zero-order valence-electron chi connectivity index (χ0n) is 18.4. The van der Waals surface area contributed by atoms with Crippen molar-refractivity contribution in [1.29, 1.82) is 0 Å². The number of rotatable bonds is 2. The van der Waals surface area contributed by atoms with E-state index in [0.29, 0.717) is 23.8 Å². The zero-order valence-corrected chi connectivity index (χ0v) is 18.4. The van der Waals surface area contributed by atoms with Gasteiger partial charge in [-0.15, -0.1) is 0 Å². The average molecular weight is 432 g/mol. The number of pyridine rings is 2. The number of carbonyl (C=O) groups is 1. The summed E-state index contributed by atoms with van der Waals surface area (Å²) in [4.78, 5) is 37.5. The molecule has 0 saturated heterocycles. The van der Waals surface area contributed by atoms with Gasteiger partial charge < -0.3 is 19.3 Å². The fourth-order valence-corrected chi connectivity index (χ4v) is 4.35. The minimum atomic E-state index is -1.91. The van der Waals surface area contributed by atoms with Crippen LogP contribution in [0.5, 0.6) is 0 Å². The molecule has 0 bridgehead atoms. The summed E-state index contributed by atoms with van der Waals surface area (Å²) in [5.41, 5.74) is 1.20. The highest BCUT2D eigenvalue weighted by Gasteiger charge is 2.49. The van der Waals surface area contributed by atoms with Gasteiger partial charge in [-0.2, -0.15) is 0 Å². The van der Waals surface area contributed by atoms with Crippen LogP contribution in [-0.4, -0.2) is 45.5 Å². The van der Waals surface area contributed by atoms with Crippen LogP contribution >= 0.6 is 0 Å². The van der Waals surface area contributed by atoms with Crippen molar-refractivity contribution in [2.24, 2.45) is 4.99 Å². The molecule has 0 fully saturated rings. The van der Waals surface area contributed by atoms with Gasteiger partial charge in [-0.3, -0.25) is 4.79 Å². The van der Waals surface area contributed by atoms with Crippen LogP contribution in [0, 0.1) is 0 Å². The van der Waals surface area contributed by atoms with Crippen LogP contribution < -0.4 is 5.56 Å². The fourth-order valence-electron chi connectivity index (χ4n) is 4.35. The number of aliphatic imine (C=N–C) groups is 1. The number of para-hydroxylation sites is 1. The predicted molar refractivity (Wildman–Crippen MR) is 120 cm³/mol. The SMILES string of the molecule is CC[C@@]1(O)C(=O)OC(/N=C(\C)N(C)C)c2c1cc1n(c2=O)Cc2cc3ccccc3nc2-1. The van der Waals surface area contributed by atoms with Crippen molar-refractivity contribution < 1.29 is 14.6 Å². The number of nitrogens with zero attached hydrogens (tertiary/aromatic N) is 4. The molecule has 1 N–H and O–H groups in total. The van der Waals surface area contributed by atoms with Crippen LogP contribution in [0.1, 0.15) is 43.2 Å². The number of ether oxygens (including phenoxy) is 1. The second-order valence-electron chi connectivity index (χ2n) is 8.48. The largest absolute Gasteiger partial charge is 0.433 e. The van der Waals surface area contributed by atoms with Crippen molar-refractivity contribution in [2.45, 2.75) is 38.6 Å². The molecule has 1 unspecified atom stereocenters. The van der Waals surface area contributed by atoms with Crippen molar-refractivity contribution in [3.05, 3.63) is 63.4 Å². The Morgan fingerprint density at radius 1 is 1.31 bits per heavy atom. The Bertz CT molecular complexity index is 1370. The number of fused-ring (bicyclic) bond motifs is 5. The summed E-state index contributed by atoms with van der Waals surface area (Å²) >= 11 is 0. The van der Waals surface area contributed by atoms with E-state index in [4.69, 9.17) is 9.72 Å². The third-order valence-electron chi connectivity index (χ3n) is 6.42. The summed E-state index contributed by atoms with van der Waals surface area (Å²) in [5.74, 6) is -0.210. The van der Waals surface area contributed by atoms with Gasteiger partial charge in [0.1, 0.15) is 0 Å². The Balaban J connectivity index is 1.78.